The monoisotopic (exact) mass is 206 g/mol. The van der Waals surface area contributed by atoms with E-state index >= 15 is 0 Å². The lowest BCUT2D eigenvalue weighted by Crippen LogP contribution is -2.27. The number of rotatable bonds is 2. The zero-order valence-electron chi connectivity index (χ0n) is 9.40. The highest BCUT2D eigenvalue weighted by molar-refractivity contribution is 5.41. The number of anilines is 1. The van der Waals surface area contributed by atoms with Crippen molar-refractivity contribution in [1.82, 2.24) is 9.97 Å². The van der Waals surface area contributed by atoms with Gasteiger partial charge in [0.2, 0.25) is 0 Å². The third kappa shape index (κ3) is 2.26. The van der Waals surface area contributed by atoms with Crippen molar-refractivity contribution in [2.45, 2.75) is 32.7 Å². The molecule has 1 aromatic heterocycles. The minimum atomic E-state index is 0.297. The molecule has 0 saturated carbocycles. The van der Waals surface area contributed by atoms with Crippen molar-refractivity contribution < 1.29 is 0 Å². The molecule has 1 saturated heterocycles. The van der Waals surface area contributed by atoms with E-state index in [0.717, 1.165) is 43.3 Å². The maximum Gasteiger partial charge on any atom is 0.132 e. The summed E-state index contributed by atoms with van der Waals surface area (Å²) in [6.45, 7) is 6.02. The average molecular weight is 206 g/mol. The highest BCUT2D eigenvalue weighted by Crippen LogP contribution is 2.18. The lowest BCUT2D eigenvalue weighted by molar-refractivity contribution is 0.750. The fourth-order valence-corrected chi connectivity index (χ4v) is 1.93. The molecular formula is C11H18N4. The Labute approximate surface area is 90.5 Å². The summed E-state index contributed by atoms with van der Waals surface area (Å²) in [5.74, 6) is 1.96. The molecule has 0 bridgehead atoms. The molecular weight excluding hydrogens is 188 g/mol. The van der Waals surface area contributed by atoms with Crippen molar-refractivity contribution in [2.75, 3.05) is 18.0 Å². The number of aryl methyl sites for hydroxylation is 2. The minimum absolute atomic E-state index is 0.297. The van der Waals surface area contributed by atoms with E-state index in [9.17, 15) is 0 Å². The summed E-state index contributed by atoms with van der Waals surface area (Å²) < 4.78 is 0. The highest BCUT2D eigenvalue weighted by Gasteiger charge is 2.20. The maximum atomic E-state index is 5.89. The molecule has 1 unspecified atom stereocenters. The average Bonchev–Trinajstić information content (AvgIpc) is 2.64. The third-order valence-corrected chi connectivity index (χ3v) is 2.75. The van der Waals surface area contributed by atoms with Crippen LogP contribution in [0.25, 0.3) is 0 Å². The Kier molecular flexibility index (Phi) is 2.86. The van der Waals surface area contributed by atoms with E-state index in [0.29, 0.717) is 6.04 Å². The van der Waals surface area contributed by atoms with Gasteiger partial charge in [-0.05, 0) is 13.3 Å². The second kappa shape index (κ2) is 4.14. The molecule has 1 fully saturated rings. The summed E-state index contributed by atoms with van der Waals surface area (Å²) in [5, 5.41) is 0. The van der Waals surface area contributed by atoms with Gasteiger partial charge in [-0.15, -0.1) is 0 Å². The number of aromatic nitrogens is 2. The number of nitrogens with two attached hydrogens (primary N) is 1. The van der Waals surface area contributed by atoms with Gasteiger partial charge in [-0.1, -0.05) is 6.92 Å². The number of nitrogens with zero attached hydrogens (tertiary/aromatic N) is 3. The van der Waals surface area contributed by atoms with Crippen LogP contribution in [0.1, 0.15) is 24.9 Å². The Morgan fingerprint density at radius 1 is 1.53 bits per heavy atom. The smallest absolute Gasteiger partial charge is 0.132 e. The van der Waals surface area contributed by atoms with Gasteiger partial charge in [0.1, 0.15) is 11.6 Å². The van der Waals surface area contributed by atoms with E-state index < -0.39 is 0 Å². The minimum Gasteiger partial charge on any atom is -0.355 e. The maximum absolute atomic E-state index is 5.89. The van der Waals surface area contributed by atoms with Crippen LogP contribution in [0.3, 0.4) is 0 Å². The predicted octanol–water partition coefficient (Wildman–Crippen LogP) is 0.885. The molecule has 0 radical (unpaired) electrons. The van der Waals surface area contributed by atoms with E-state index in [2.05, 4.69) is 21.8 Å². The molecule has 15 heavy (non-hydrogen) atoms. The standard InChI is InChI=1S/C11H18N4/c1-3-10-13-8(2)6-11(14-10)15-5-4-9(12)7-15/h6,9H,3-5,7,12H2,1-2H3. The van der Waals surface area contributed by atoms with E-state index in [1.165, 1.54) is 0 Å². The van der Waals surface area contributed by atoms with Gasteiger partial charge in [-0.2, -0.15) is 0 Å². The van der Waals surface area contributed by atoms with Gasteiger partial charge >= 0.3 is 0 Å². The first kappa shape index (κ1) is 10.4. The molecule has 0 aromatic carbocycles. The second-order valence-electron chi connectivity index (χ2n) is 4.13. The fourth-order valence-electron chi connectivity index (χ4n) is 1.93. The van der Waals surface area contributed by atoms with Crippen LogP contribution in [0.4, 0.5) is 5.82 Å². The molecule has 2 heterocycles. The number of hydrogen-bond donors (Lipinski definition) is 1. The first-order chi connectivity index (χ1) is 7.19. The molecule has 4 nitrogen and oxygen atoms in total. The van der Waals surface area contributed by atoms with Crippen LogP contribution in [-0.4, -0.2) is 29.1 Å². The van der Waals surface area contributed by atoms with Crippen molar-refractivity contribution in [3.63, 3.8) is 0 Å². The van der Waals surface area contributed by atoms with Crippen LogP contribution in [0.5, 0.6) is 0 Å². The summed E-state index contributed by atoms with van der Waals surface area (Å²) in [5.41, 5.74) is 6.93. The zero-order valence-corrected chi connectivity index (χ0v) is 9.40. The normalized spacial score (nSPS) is 21.0. The quantitative estimate of drug-likeness (QED) is 0.780. The van der Waals surface area contributed by atoms with E-state index in [4.69, 9.17) is 5.73 Å². The van der Waals surface area contributed by atoms with Gasteiger partial charge in [0.05, 0.1) is 0 Å². The summed E-state index contributed by atoms with van der Waals surface area (Å²) in [4.78, 5) is 11.2. The Bertz CT molecular complexity index is 350. The molecule has 1 atom stereocenters. The molecule has 1 aromatic rings. The Morgan fingerprint density at radius 2 is 2.33 bits per heavy atom. The van der Waals surface area contributed by atoms with Crippen molar-refractivity contribution in [1.29, 1.82) is 0 Å². The summed E-state index contributed by atoms with van der Waals surface area (Å²) in [6, 6.07) is 2.34. The SMILES string of the molecule is CCc1nc(C)cc(N2CCC(N)C2)n1. The Hall–Kier alpha value is -1.16. The van der Waals surface area contributed by atoms with Gasteiger partial charge in [-0.25, -0.2) is 9.97 Å². The van der Waals surface area contributed by atoms with E-state index in [1.54, 1.807) is 0 Å². The molecule has 0 amide bonds. The molecule has 2 rings (SSSR count). The number of hydrogen-bond acceptors (Lipinski definition) is 4. The Morgan fingerprint density at radius 3 is 2.93 bits per heavy atom. The van der Waals surface area contributed by atoms with Crippen LogP contribution < -0.4 is 10.6 Å². The molecule has 0 aliphatic carbocycles. The van der Waals surface area contributed by atoms with Gasteiger partial charge in [0.15, 0.2) is 0 Å². The molecule has 1 aliphatic heterocycles. The Balaban J connectivity index is 2.24. The van der Waals surface area contributed by atoms with Crippen molar-refractivity contribution in [2.24, 2.45) is 5.73 Å². The van der Waals surface area contributed by atoms with Crippen LogP contribution in [0.2, 0.25) is 0 Å². The zero-order chi connectivity index (χ0) is 10.8. The second-order valence-corrected chi connectivity index (χ2v) is 4.13. The topological polar surface area (TPSA) is 55.0 Å². The van der Waals surface area contributed by atoms with Crippen molar-refractivity contribution >= 4 is 5.82 Å². The predicted molar refractivity (Wildman–Crippen MR) is 61.0 cm³/mol. The van der Waals surface area contributed by atoms with Crippen LogP contribution in [-0.2, 0) is 6.42 Å². The van der Waals surface area contributed by atoms with Crippen LogP contribution in [0.15, 0.2) is 6.07 Å². The fraction of sp³-hybridized carbons (Fsp3) is 0.636. The first-order valence-corrected chi connectivity index (χ1v) is 5.54. The first-order valence-electron chi connectivity index (χ1n) is 5.54. The lowest BCUT2D eigenvalue weighted by atomic mass is 10.3. The van der Waals surface area contributed by atoms with E-state index in [1.807, 2.05) is 13.0 Å². The van der Waals surface area contributed by atoms with Gasteiger partial charge < -0.3 is 10.6 Å². The third-order valence-electron chi connectivity index (χ3n) is 2.75. The molecule has 4 heteroatoms. The molecule has 2 N–H and O–H groups in total. The van der Waals surface area contributed by atoms with Gasteiger partial charge in [0, 0.05) is 37.3 Å². The lowest BCUT2D eigenvalue weighted by Gasteiger charge is -2.17. The van der Waals surface area contributed by atoms with Gasteiger partial charge in [0.25, 0.3) is 0 Å². The largest absolute Gasteiger partial charge is 0.355 e. The summed E-state index contributed by atoms with van der Waals surface area (Å²) in [7, 11) is 0. The molecule has 1 aliphatic rings. The molecule has 0 spiro atoms. The highest BCUT2D eigenvalue weighted by atomic mass is 15.2. The van der Waals surface area contributed by atoms with E-state index in [-0.39, 0.29) is 0 Å². The van der Waals surface area contributed by atoms with Gasteiger partial charge in [-0.3, -0.25) is 0 Å². The van der Waals surface area contributed by atoms with Crippen LogP contribution in [0, 0.1) is 6.92 Å². The summed E-state index contributed by atoms with van der Waals surface area (Å²) >= 11 is 0. The van der Waals surface area contributed by atoms with Crippen molar-refractivity contribution in [3.8, 4) is 0 Å². The van der Waals surface area contributed by atoms with Crippen molar-refractivity contribution in [3.05, 3.63) is 17.6 Å². The molecule has 82 valence electrons. The van der Waals surface area contributed by atoms with Crippen LogP contribution >= 0.6 is 0 Å². The summed E-state index contributed by atoms with van der Waals surface area (Å²) in [6.07, 6.45) is 1.94.